The van der Waals surface area contributed by atoms with Crippen molar-refractivity contribution in [2.75, 3.05) is 5.43 Å². The lowest BCUT2D eigenvalue weighted by Gasteiger charge is -2.20. The monoisotopic (exact) mass is 339 g/mol. The van der Waals surface area contributed by atoms with Gasteiger partial charge in [0.1, 0.15) is 11.6 Å². The molecule has 1 aromatic heterocycles. The number of nitrogens with zero attached hydrogens (tertiary/aromatic N) is 2. The van der Waals surface area contributed by atoms with Crippen LogP contribution in [0.1, 0.15) is 26.6 Å². The van der Waals surface area contributed by atoms with Crippen molar-refractivity contribution < 1.29 is 17.8 Å². The van der Waals surface area contributed by atoms with E-state index in [1.807, 2.05) is 0 Å². The molecular weight excluding hydrogens is 322 g/mol. The molecule has 8 nitrogen and oxygen atoms in total. The largest absolute Gasteiger partial charge is 0.285 e. The fraction of sp³-hybridized carbons (Fsp3) is 0.357. The maximum absolute atomic E-state index is 12.5. The van der Waals surface area contributed by atoms with Crippen LogP contribution in [0.4, 0.5) is 0 Å². The van der Waals surface area contributed by atoms with Gasteiger partial charge < -0.3 is 0 Å². The average Bonchev–Trinajstić information content (AvgIpc) is 2.40. The van der Waals surface area contributed by atoms with E-state index in [1.165, 1.54) is 6.07 Å². The highest BCUT2D eigenvalue weighted by molar-refractivity contribution is 7.84. The highest BCUT2D eigenvalue weighted by atomic mass is 32.2. The zero-order valence-electron chi connectivity index (χ0n) is 12.9. The number of carbonyl (C=O) groups is 1. The first-order valence-electron chi connectivity index (χ1n) is 6.76. The summed E-state index contributed by atoms with van der Waals surface area (Å²) in [5.74, 6) is -1.65. The molecule has 0 radical (unpaired) electrons. The Morgan fingerprint density at radius 1 is 1.30 bits per heavy atom. The Balaban J connectivity index is 2.68. The van der Waals surface area contributed by atoms with Gasteiger partial charge in [0, 0.05) is 5.41 Å². The predicted octanol–water partition coefficient (Wildman–Crippen LogP) is 0.901. The van der Waals surface area contributed by atoms with E-state index in [0.29, 0.717) is 0 Å². The summed E-state index contributed by atoms with van der Waals surface area (Å²) < 4.78 is 32.2. The van der Waals surface area contributed by atoms with Gasteiger partial charge in [0.15, 0.2) is 0 Å². The lowest BCUT2D eigenvalue weighted by atomic mass is 9.96. The van der Waals surface area contributed by atoms with E-state index < -0.39 is 32.8 Å². The fourth-order valence-electron chi connectivity index (χ4n) is 1.82. The lowest BCUT2D eigenvalue weighted by Crippen LogP contribution is -2.41. The Kier molecular flexibility index (Phi) is 4.27. The van der Waals surface area contributed by atoms with Crippen LogP contribution in [0.5, 0.6) is 0 Å². The Labute approximate surface area is 132 Å². The molecule has 1 aromatic carbocycles. The minimum Gasteiger partial charge on any atom is -0.285 e. The quantitative estimate of drug-likeness (QED) is 0.802. The smallest absolute Gasteiger partial charge is 0.280 e. The maximum atomic E-state index is 12.5. The number of rotatable bonds is 3. The molecular formula is C14H17N3O5S. The van der Waals surface area contributed by atoms with Gasteiger partial charge in [-0.25, -0.2) is 9.66 Å². The van der Waals surface area contributed by atoms with Gasteiger partial charge in [0.05, 0.1) is 10.9 Å². The number of fused-ring (bicyclic) bond motifs is 1. The first-order chi connectivity index (χ1) is 10.5. The van der Waals surface area contributed by atoms with E-state index in [4.69, 9.17) is 4.55 Å². The molecule has 0 saturated carbocycles. The number of para-hydroxylation sites is 1. The number of amides is 1. The van der Waals surface area contributed by atoms with Crippen LogP contribution in [0.2, 0.25) is 0 Å². The summed E-state index contributed by atoms with van der Waals surface area (Å²) in [6, 6.07) is 6.33. The van der Waals surface area contributed by atoms with Crippen LogP contribution < -0.4 is 11.0 Å². The van der Waals surface area contributed by atoms with Crippen molar-refractivity contribution in [2.45, 2.75) is 26.5 Å². The molecule has 0 spiro atoms. The molecule has 1 heterocycles. The first kappa shape index (κ1) is 17.1. The molecule has 2 N–H and O–H groups in total. The Bertz CT molecular complexity index is 926. The van der Waals surface area contributed by atoms with Crippen LogP contribution in [0, 0.1) is 5.41 Å². The van der Waals surface area contributed by atoms with Crippen LogP contribution in [0.3, 0.4) is 0 Å². The number of aromatic nitrogens is 2. The second-order valence-electron chi connectivity index (χ2n) is 6.10. The summed E-state index contributed by atoms with van der Waals surface area (Å²) >= 11 is 0. The summed E-state index contributed by atoms with van der Waals surface area (Å²) in [6.07, 6.45) is 0. The van der Waals surface area contributed by atoms with Crippen molar-refractivity contribution in [3.05, 3.63) is 40.4 Å². The summed E-state index contributed by atoms with van der Waals surface area (Å²) in [4.78, 5) is 28.7. The third-order valence-electron chi connectivity index (χ3n) is 3.05. The van der Waals surface area contributed by atoms with E-state index in [1.54, 1.807) is 39.0 Å². The normalized spacial score (nSPS) is 12.3. The van der Waals surface area contributed by atoms with Crippen molar-refractivity contribution in [1.29, 1.82) is 0 Å². The highest BCUT2D eigenvalue weighted by Crippen LogP contribution is 2.14. The molecule has 2 aromatic rings. The zero-order valence-corrected chi connectivity index (χ0v) is 13.7. The number of carbonyl (C=O) groups excluding carboxylic acids is 1. The van der Waals surface area contributed by atoms with E-state index in [-0.39, 0.29) is 16.7 Å². The summed E-state index contributed by atoms with van der Waals surface area (Å²) in [5, 5.41) is 0.223. The number of hydrogen-bond donors (Lipinski definition) is 2. The lowest BCUT2D eigenvalue weighted by molar-refractivity contribution is -0.124. The second-order valence-corrected chi connectivity index (χ2v) is 7.56. The number of nitrogens with one attached hydrogen (secondary N) is 1. The van der Waals surface area contributed by atoms with Crippen molar-refractivity contribution in [3.8, 4) is 0 Å². The van der Waals surface area contributed by atoms with Gasteiger partial charge in [-0.2, -0.15) is 8.42 Å². The molecule has 124 valence electrons. The van der Waals surface area contributed by atoms with Crippen molar-refractivity contribution in [1.82, 2.24) is 9.66 Å². The van der Waals surface area contributed by atoms with E-state index in [0.717, 1.165) is 4.68 Å². The summed E-state index contributed by atoms with van der Waals surface area (Å²) in [7, 11) is -4.43. The van der Waals surface area contributed by atoms with E-state index >= 15 is 0 Å². The van der Waals surface area contributed by atoms with E-state index in [2.05, 4.69) is 10.4 Å². The second kappa shape index (κ2) is 5.74. The molecule has 9 heteroatoms. The van der Waals surface area contributed by atoms with Crippen molar-refractivity contribution >= 4 is 26.9 Å². The fourth-order valence-corrected chi connectivity index (χ4v) is 2.34. The predicted molar refractivity (Wildman–Crippen MR) is 85.1 cm³/mol. The van der Waals surface area contributed by atoms with Gasteiger partial charge in [0.2, 0.25) is 5.91 Å². The molecule has 0 aliphatic carbocycles. The summed E-state index contributed by atoms with van der Waals surface area (Å²) in [5.41, 5.74) is 1.21. The van der Waals surface area contributed by atoms with Gasteiger partial charge >= 0.3 is 0 Å². The van der Waals surface area contributed by atoms with Gasteiger partial charge in [-0.3, -0.25) is 19.6 Å². The minimum atomic E-state index is -4.43. The minimum absolute atomic E-state index is 0.223. The Morgan fingerprint density at radius 3 is 2.48 bits per heavy atom. The molecule has 0 bridgehead atoms. The zero-order chi connectivity index (χ0) is 17.4. The Hall–Kier alpha value is -2.26. The summed E-state index contributed by atoms with van der Waals surface area (Å²) in [6.45, 7) is 4.93. The molecule has 0 atom stereocenters. The molecule has 1 amide bonds. The maximum Gasteiger partial charge on any atom is 0.280 e. The van der Waals surface area contributed by atoms with Crippen LogP contribution >= 0.6 is 0 Å². The topological polar surface area (TPSA) is 118 Å². The number of hydrogen-bond acceptors (Lipinski definition) is 5. The van der Waals surface area contributed by atoms with Gasteiger partial charge in [-0.15, -0.1) is 0 Å². The van der Waals surface area contributed by atoms with E-state index in [9.17, 15) is 18.0 Å². The van der Waals surface area contributed by atoms with Crippen molar-refractivity contribution in [2.24, 2.45) is 5.41 Å². The third kappa shape index (κ3) is 3.93. The average molecular weight is 339 g/mol. The van der Waals surface area contributed by atoms with Gasteiger partial charge in [0.25, 0.3) is 15.7 Å². The highest BCUT2D eigenvalue weighted by Gasteiger charge is 2.24. The SMILES string of the molecule is CC(C)(C)C(=O)Nn1c(CS(=O)(=O)O)nc2ccccc2c1=O. The van der Waals surface area contributed by atoms with Crippen LogP contribution in [0.25, 0.3) is 10.9 Å². The molecule has 0 aliphatic rings. The van der Waals surface area contributed by atoms with Crippen molar-refractivity contribution in [3.63, 3.8) is 0 Å². The molecule has 2 rings (SSSR count). The molecule has 0 unspecified atom stereocenters. The molecule has 23 heavy (non-hydrogen) atoms. The van der Waals surface area contributed by atoms with Crippen LogP contribution in [-0.2, 0) is 20.7 Å². The number of benzene rings is 1. The van der Waals surface area contributed by atoms with Crippen LogP contribution in [0.15, 0.2) is 29.1 Å². The molecule has 0 fully saturated rings. The van der Waals surface area contributed by atoms with Crippen LogP contribution in [-0.4, -0.2) is 28.5 Å². The Morgan fingerprint density at radius 2 is 1.91 bits per heavy atom. The first-order valence-corrected chi connectivity index (χ1v) is 8.37. The van der Waals surface area contributed by atoms with Gasteiger partial charge in [-0.1, -0.05) is 32.9 Å². The molecule has 0 aliphatic heterocycles. The third-order valence-corrected chi connectivity index (χ3v) is 3.67. The van der Waals surface area contributed by atoms with Gasteiger partial charge in [-0.05, 0) is 12.1 Å². The molecule has 0 saturated heterocycles. The standard InChI is InChI=1S/C14H17N3O5S/c1-14(2,3)13(19)16-17-11(8-23(20,21)22)15-10-7-5-4-6-9(10)12(17)18/h4-7H,8H2,1-3H3,(H,16,19)(H,20,21,22).